The van der Waals surface area contributed by atoms with Gasteiger partial charge in [-0.3, -0.25) is 14.5 Å². The van der Waals surface area contributed by atoms with Crippen LogP contribution in [0.25, 0.3) is 6.08 Å². The number of carbonyl (C=O) groups excluding carboxylic acids is 2. The molecule has 0 radical (unpaired) electrons. The van der Waals surface area contributed by atoms with Gasteiger partial charge in [0.05, 0.1) is 38.3 Å². The van der Waals surface area contributed by atoms with Gasteiger partial charge in [-0.15, -0.1) is 0 Å². The average molecular weight is 489 g/mol. The molecule has 0 bridgehead atoms. The van der Waals surface area contributed by atoms with Gasteiger partial charge in [-0.2, -0.15) is 0 Å². The number of carbonyl (C=O) groups is 2. The van der Waals surface area contributed by atoms with Crippen molar-refractivity contribution in [1.29, 1.82) is 0 Å². The zero-order valence-electron chi connectivity index (χ0n) is 19.6. The maximum Gasteiger partial charge on any atom is 0.283 e. The number of para-hydroxylation sites is 1. The van der Waals surface area contributed by atoms with Crippen LogP contribution in [0.5, 0.6) is 17.2 Å². The number of methoxy groups -OCH3 is 3. The molecule has 0 aromatic heterocycles. The first-order valence-electron chi connectivity index (χ1n) is 10.8. The van der Waals surface area contributed by atoms with E-state index in [1.54, 1.807) is 62.8 Å². The van der Waals surface area contributed by atoms with E-state index < -0.39 is 0 Å². The lowest BCUT2D eigenvalue weighted by atomic mass is 10.1. The van der Waals surface area contributed by atoms with Gasteiger partial charge in [-0.25, -0.2) is 4.99 Å². The third kappa shape index (κ3) is 5.38. The topological polar surface area (TPSA) is 77.4 Å². The standard InChI is InChI=1S/C27H24N2O5S/c1-32-20-13-11-18(12-14-20)15-23-26(31)29(19-7-6-8-21(16-19)33-2)27(28-23)35-17-24(30)22-9-4-5-10-25(22)34-3/h4-16H,17H2,1-3H3/b23-15-. The highest BCUT2D eigenvalue weighted by Crippen LogP contribution is 2.32. The van der Waals surface area contributed by atoms with Crippen molar-refractivity contribution in [3.8, 4) is 17.2 Å². The van der Waals surface area contributed by atoms with Crippen LogP contribution in [0, 0.1) is 0 Å². The fourth-order valence-corrected chi connectivity index (χ4v) is 4.41. The quantitative estimate of drug-likeness (QED) is 0.325. The summed E-state index contributed by atoms with van der Waals surface area (Å²) in [6, 6.07) is 21.5. The smallest absolute Gasteiger partial charge is 0.283 e. The van der Waals surface area contributed by atoms with E-state index in [9.17, 15) is 9.59 Å². The van der Waals surface area contributed by atoms with E-state index >= 15 is 0 Å². The van der Waals surface area contributed by atoms with Gasteiger partial charge in [0.1, 0.15) is 22.9 Å². The van der Waals surface area contributed by atoms with Crippen LogP contribution in [-0.2, 0) is 4.79 Å². The SMILES string of the molecule is COc1ccc(/C=C2\N=C(SCC(=O)c3ccccc3OC)N(c3cccc(OC)c3)C2=O)cc1. The second kappa shape index (κ2) is 10.9. The molecule has 1 heterocycles. The Balaban J connectivity index is 1.65. The number of thioether (sulfide) groups is 1. The van der Waals surface area contributed by atoms with Gasteiger partial charge in [-0.05, 0) is 48.0 Å². The van der Waals surface area contributed by atoms with E-state index in [1.165, 1.54) is 23.8 Å². The molecule has 1 aliphatic heterocycles. The molecular weight excluding hydrogens is 464 g/mol. The summed E-state index contributed by atoms with van der Waals surface area (Å²) in [6.07, 6.45) is 1.71. The number of hydrogen-bond donors (Lipinski definition) is 0. The van der Waals surface area contributed by atoms with E-state index in [0.717, 1.165) is 11.3 Å². The molecule has 0 spiro atoms. The molecule has 1 amide bonds. The number of anilines is 1. The number of nitrogens with zero attached hydrogens (tertiary/aromatic N) is 2. The summed E-state index contributed by atoms with van der Waals surface area (Å²) < 4.78 is 15.8. The third-order valence-corrected chi connectivity index (χ3v) is 6.24. The minimum absolute atomic E-state index is 0.0861. The molecule has 0 N–H and O–H groups in total. The van der Waals surface area contributed by atoms with Crippen molar-refractivity contribution in [3.63, 3.8) is 0 Å². The second-order valence-electron chi connectivity index (χ2n) is 7.45. The number of ketones is 1. The van der Waals surface area contributed by atoms with Crippen molar-refractivity contribution in [2.75, 3.05) is 32.0 Å². The van der Waals surface area contributed by atoms with Gasteiger partial charge in [0, 0.05) is 6.07 Å². The Bertz CT molecular complexity index is 1300. The highest BCUT2D eigenvalue weighted by Gasteiger charge is 2.33. The number of Topliss-reactive ketones (excluding diaryl/α,β-unsaturated/α-hetero) is 1. The van der Waals surface area contributed by atoms with Crippen LogP contribution in [0.3, 0.4) is 0 Å². The van der Waals surface area contributed by atoms with Crippen LogP contribution in [0.1, 0.15) is 15.9 Å². The van der Waals surface area contributed by atoms with E-state index in [0.29, 0.717) is 27.9 Å². The van der Waals surface area contributed by atoms with Crippen LogP contribution in [0.15, 0.2) is 83.5 Å². The summed E-state index contributed by atoms with van der Waals surface area (Å²) in [4.78, 5) is 32.4. The van der Waals surface area contributed by atoms with E-state index in [1.807, 2.05) is 30.3 Å². The first-order valence-corrected chi connectivity index (χ1v) is 11.7. The molecule has 178 valence electrons. The van der Waals surface area contributed by atoms with E-state index in [2.05, 4.69) is 4.99 Å². The Hall–Kier alpha value is -4.04. The van der Waals surface area contributed by atoms with Crippen molar-refractivity contribution in [2.45, 2.75) is 0 Å². The van der Waals surface area contributed by atoms with Gasteiger partial charge in [0.25, 0.3) is 5.91 Å². The second-order valence-corrected chi connectivity index (χ2v) is 8.39. The Kier molecular flexibility index (Phi) is 7.52. The maximum absolute atomic E-state index is 13.4. The predicted molar refractivity (Wildman–Crippen MR) is 139 cm³/mol. The lowest BCUT2D eigenvalue weighted by Gasteiger charge is -2.18. The van der Waals surface area contributed by atoms with Crippen molar-refractivity contribution in [3.05, 3.63) is 89.6 Å². The molecule has 4 rings (SSSR count). The highest BCUT2D eigenvalue weighted by molar-refractivity contribution is 8.14. The summed E-state index contributed by atoms with van der Waals surface area (Å²) in [6.45, 7) is 0. The summed E-state index contributed by atoms with van der Waals surface area (Å²) in [5, 5.41) is 0.409. The molecule has 8 heteroatoms. The predicted octanol–water partition coefficient (Wildman–Crippen LogP) is 5.07. The lowest BCUT2D eigenvalue weighted by molar-refractivity contribution is -0.113. The van der Waals surface area contributed by atoms with Crippen LogP contribution in [0.2, 0.25) is 0 Å². The summed E-state index contributed by atoms with van der Waals surface area (Å²) in [5.41, 5.74) is 2.16. The molecule has 3 aromatic carbocycles. The van der Waals surface area contributed by atoms with Crippen molar-refractivity contribution in [2.24, 2.45) is 4.99 Å². The van der Waals surface area contributed by atoms with Crippen LogP contribution >= 0.6 is 11.8 Å². The third-order valence-electron chi connectivity index (χ3n) is 5.30. The van der Waals surface area contributed by atoms with Crippen LogP contribution < -0.4 is 19.1 Å². The largest absolute Gasteiger partial charge is 0.497 e. The molecule has 0 atom stereocenters. The highest BCUT2D eigenvalue weighted by atomic mass is 32.2. The number of hydrogen-bond acceptors (Lipinski definition) is 7. The fraction of sp³-hybridized carbons (Fsp3) is 0.148. The summed E-state index contributed by atoms with van der Waals surface area (Å²) in [7, 11) is 4.69. The molecule has 3 aromatic rings. The van der Waals surface area contributed by atoms with E-state index in [-0.39, 0.29) is 23.1 Å². The molecule has 0 aliphatic carbocycles. The number of amides is 1. The average Bonchev–Trinajstić information content (AvgIpc) is 3.22. The molecule has 0 saturated heterocycles. The van der Waals surface area contributed by atoms with Gasteiger partial charge < -0.3 is 14.2 Å². The Morgan fingerprint density at radius 3 is 2.37 bits per heavy atom. The zero-order chi connectivity index (χ0) is 24.8. The number of amidine groups is 1. The summed E-state index contributed by atoms with van der Waals surface area (Å²) >= 11 is 1.20. The molecule has 35 heavy (non-hydrogen) atoms. The number of rotatable bonds is 8. The zero-order valence-corrected chi connectivity index (χ0v) is 20.4. The number of ether oxygens (including phenoxy) is 3. The Morgan fingerprint density at radius 2 is 1.66 bits per heavy atom. The van der Waals surface area contributed by atoms with Crippen molar-refractivity contribution in [1.82, 2.24) is 0 Å². The molecule has 1 aliphatic rings. The van der Waals surface area contributed by atoms with Gasteiger partial charge in [-0.1, -0.05) is 42.1 Å². The Morgan fingerprint density at radius 1 is 0.914 bits per heavy atom. The number of benzene rings is 3. The van der Waals surface area contributed by atoms with Crippen LogP contribution in [0.4, 0.5) is 5.69 Å². The molecule has 0 fully saturated rings. The monoisotopic (exact) mass is 488 g/mol. The van der Waals surface area contributed by atoms with E-state index in [4.69, 9.17) is 14.2 Å². The minimum atomic E-state index is -0.290. The first kappa shape index (κ1) is 24.1. The van der Waals surface area contributed by atoms with Gasteiger partial charge >= 0.3 is 0 Å². The van der Waals surface area contributed by atoms with Gasteiger partial charge in [0.2, 0.25) is 0 Å². The molecule has 7 nitrogen and oxygen atoms in total. The Labute approximate surface area is 208 Å². The lowest BCUT2D eigenvalue weighted by Crippen LogP contribution is -2.30. The minimum Gasteiger partial charge on any atom is -0.497 e. The van der Waals surface area contributed by atoms with Gasteiger partial charge in [0.15, 0.2) is 11.0 Å². The number of aliphatic imine (C=N–C) groups is 1. The summed E-state index contributed by atoms with van der Waals surface area (Å²) in [5.74, 6) is 1.51. The normalized spacial score (nSPS) is 14.1. The molecular formula is C27H24N2O5S. The maximum atomic E-state index is 13.4. The first-order chi connectivity index (χ1) is 17.0. The molecule has 0 saturated carbocycles. The van der Waals surface area contributed by atoms with Crippen molar-refractivity contribution >= 4 is 40.4 Å². The van der Waals surface area contributed by atoms with Crippen LogP contribution in [-0.4, -0.2) is 43.9 Å². The molecule has 0 unspecified atom stereocenters. The fourth-order valence-electron chi connectivity index (χ4n) is 3.51. The van der Waals surface area contributed by atoms with Crippen molar-refractivity contribution < 1.29 is 23.8 Å².